The second-order valence-electron chi connectivity index (χ2n) is 19.0. The van der Waals surface area contributed by atoms with Crippen LogP contribution < -0.4 is 0 Å². The standard InChI is InChI=1S/C70H44N6S2/c1-4-20-45(21-5-1)48-28-19-31-54(41-48)65-71-68(76-69(72-65)63-43-52-26-10-16-36-61(52)77-63)59-39-38-50(42-60(59)47-24-8-3-9-25-47)49-29-18-30-51(40-49)56-33-13-15-35-58(56)67-73-66(57-34-14-12-32-55(57)46-22-6-2-7-23-46)74-70(75-67)64-44-53-27-11-17-37-62(53)78-64/h1-44H. The molecule has 0 amide bonds. The van der Waals surface area contributed by atoms with Crippen LogP contribution in [-0.4, -0.2) is 29.9 Å². The second-order valence-corrected chi connectivity index (χ2v) is 21.2. The predicted octanol–water partition coefficient (Wildman–Crippen LogP) is 18.8. The van der Waals surface area contributed by atoms with Crippen molar-refractivity contribution >= 4 is 42.8 Å². The Morgan fingerprint density at radius 2 is 0.551 bits per heavy atom. The van der Waals surface area contributed by atoms with Crippen LogP contribution >= 0.6 is 22.7 Å². The molecule has 4 aromatic heterocycles. The van der Waals surface area contributed by atoms with Gasteiger partial charge in [0.25, 0.3) is 0 Å². The van der Waals surface area contributed by atoms with Crippen LogP contribution in [0.1, 0.15) is 0 Å². The molecule has 14 rings (SSSR count). The number of rotatable bonds is 11. The predicted molar refractivity (Wildman–Crippen MR) is 324 cm³/mol. The topological polar surface area (TPSA) is 77.3 Å². The average Bonchev–Trinajstić information content (AvgIpc) is 4.30. The quantitative estimate of drug-likeness (QED) is 0.128. The molecule has 0 radical (unpaired) electrons. The summed E-state index contributed by atoms with van der Waals surface area (Å²) in [4.78, 5) is 33.7. The van der Waals surface area contributed by atoms with Gasteiger partial charge in [-0.3, -0.25) is 0 Å². The van der Waals surface area contributed by atoms with Crippen LogP contribution in [0, 0.1) is 0 Å². The lowest BCUT2D eigenvalue weighted by atomic mass is 9.92. The lowest BCUT2D eigenvalue weighted by Gasteiger charge is -2.15. The minimum Gasteiger partial charge on any atom is -0.208 e. The van der Waals surface area contributed by atoms with Crippen molar-refractivity contribution < 1.29 is 0 Å². The zero-order valence-corrected chi connectivity index (χ0v) is 43.5. The molecule has 6 nitrogen and oxygen atoms in total. The number of hydrogen-bond acceptors (Lipinski definition) is 8. The van der Waals surface area contributed by atoms with E-state index in [1.165, 1.54) is 9.40 Å². The molecule has 0 saturated carbocycles. The molecule has 0 fully saturated rings. The minimum atomic E-state index is 0.601. The highest BCUT2D eigenvalue weighted by molar-refractivity contribution is 7.22. The number of fused-ring (bicyclic) bond motifs is 2. The Morgan fingerprint density at radius 1 is 0.192 bits per heavy atom. The SMILES string of the molecule is c1ccc(-c2cccc(-c3nc(-c4cc5ccccc5s4)nc(-c4ccc(-c5cccc(-c6ccccc6-c6nc(-c7cc8ccccc8s7)nc(-c7ccccc7-c7ccccc7)n6)c5)cc4-c4ccccc4)n3)c2)cc1. The molecule has 0 N–H and O–H groups in total. The van der Waals surface area contributed by atoms with E-state index in [4.69, 9.17) is 29.9 Å². The fourth-order valence-corrected chi connectivity index (χ4v) is 12.2. The molecule has 14 aromatic rings. The molecule has 0 aliphatic rings. The molecule has 4 heterocycles. The molecule has 0 atom stereocenters. The molecule has 0 aliphatic carbocycles. The third-order valence-corrected chi connectivity index (χ3v) is 16.3. The Morgan fingerprint density at radius 3 is 1.12 bits per heavy atom. The zero-order chi connectivity index (χ0) is 51.8. The van der Waals surface area contributed by atoms with E-state index in [-0.39, 0.29) is 0 Å². The van der Waals surface area contributed by atoms with Gasteiger partial charge in [0.15, 0.2) is 34.9 Å². The first kappa shape index (κ1) is 46.7. The van der Waals surface area contributed by atoms with Gasteiger partial charge in [0, 0.05) is 31.7 Å². The van der Waals surface area contributed by atoms with Crippen molar-refractivity contribution in [3.63, 3.8) is 0 Å². The Hall–Kier alpha value is -9.86. The summed E-state index contributed by atoms with van der Waals surface area (Å²) in [5, 5.41) is 2.32. The van der Waals surface area contributed by atoms with Crippen molar-refractivity contribution in [1.82, 2.24) is 29.9 Å². The lowest BCUT2D eigenvalue weighted by molar-refractivity contribution is 1.08. The summed E-state index contributed by atoms with van der Waals surface area (Å²) < 4.78 is 2.36. The van der Waals surface area contributed by atoms with Crippen LogP contribution in [0.25, 0.3) is 143 Å². The molecule has 0 saturated heterocycles. The summed E-state index contributed by atoms with van der Waals surface area (Å²) in [6, 6.07) is 93.3. The smallest absolute Gasteiger partial charge is 0.174 e. The van der Waals surface area contributed by atoms with Crippen LogP contribution in [0.4, 0.5) is 0 Å². The Kier molecular flexibility index (Phi) is 12.2. The number of nitrogens with zero attached hydrogens (tertiary/aromatic N) is 6. The first-order valence-corrected chi connectivity index (χ1v) is 27.5. The number of benzene rings is 10. The van der Waals surface area contributed by atoms with Gasteiger partial charge in [-0.2, -0.15) is 0 Å². The fourth-order valence-electron chi connectivity index (χ4n) is 10.2. The molecule has 366 valence electrons. The van der Waals surface area contributed by atoms with Gasteiger partial charge in [-0.05, 0) is 115 Å². The van der Waals surface area contributed by atoms with Gasteiger partial charge >= 0.3 is 0 Å². The van der Waals surface area contributed by atoms with E-state index < -0.39 is 0 Å². The number of hydrogen-bond donors (Lipinski definition) is 0. The van der Waals surface area contributed by atoms with E-state index in [1.54, 1.807) is 22.7 Å². The van der Waals surface area contributed by atoms with Crippen molar-refractivity contribution in [2.75, 3.05) is 0 Å². The van der Waals surface area contributed by atoms with Gasteiger partial charge < -0.3 is 0 Å². The molecule has 0 spiro atoms. The Labute approximate surface area is 459 Å². The van der Waals surface area contributed by atoms with Crippen molar-refractivity contribution in [3.8, 4) is 123 Å². The maximum Gasteiger partial charge on any atom is 0.174 e. The van der Waals surface area contributed by atoms with Crippen LogP contribution in [0.2, 0.25) is 0 Å². The monoisotopic (exact) mass is 1030 g/mol. The van der Waals surface area contributed by atoms with E-state index in [1.807, 2.05) is 12.1 Å². The van der Waals surface area contributed by atoms with Gasteiger partial charge in [0.2, 0.25) is 0 Å². The van der Waals surface area contributed by atoms with E-state index in [0.29, 0.717) is 34.9 Å². The highest BCUT2D eigenvalue weighted by Crippen LogP contribution is 2.42. The molecular formula is C70H44N6S2. The van der Waals surface area contributed by atoms with E-state index in [9.17, 15) is 0 Å². The lowest BCUT2D eigenvalue weighted by Crippen LogP contribution is -2.01. The normalized spacial score (nSPS) is 11.3. The molecule has 10 aromatic carbocycles. The summed E-state index contributed by atoms with van der Waals surface area (Å²) in [6.45, 7) is 0. The third-order valence-electron chi connectivity index (χ3n) is 14.1. The largest absolute Gasteiger partial charge is 0.208 e. The van der Waals surface area contributed by atoms with Crippen molar-refractivity contribution in [2.45, 2.75) is 0 Å². The van der Waals surface area contributed by atoms with E-state index in [2.05, 4.69) is 255 Å². The average molecular weight is 1030 g/mol. The second kappa shape index (κ2) is 20.3. The molecule has 8 heteroatoms. The first-order valence-electron chi connectivity index (χ1n) is 25.8. The molecule has 0 aliphatic heterocycles. The van der Waals surface area contributed by atoms with Crippen molar-refractivity contribution in [1.29, 1.82) is 0 Å². The minimum absolute atomic E-state index is 0.601. The van der Waals surface area contributed by atoms with Gasteiger partial charge in [-0.15, -0.1) is 22.7 Å². The van der Waals surface area contributed by atoms with E-state index in [0.717, 1.165) is 98.4 Å². The van der Waals surface area contributed by atoms with Gasteiger partial charge in [-0.1, -0.05) is 218 Å². The van der Waals surface area contributed by atoms with Crippen LogP contribution in [0.15, 0.2) is 267 Å². The fraction of sp³-hybridized carbons (Fsp3) is 0. The maximum absolute atomic E-state index is 5.34. The third kappa shape index (κ3) is 9.15. The molecule has 78 heavy (non-hydrogen) atoms. The Balaban J connectivity index is 0.892. The maximum atomic E-state index is 5.34. The van der Waals surface area contributed by atoms with Gasteiger partial charge in [0.05, 0.1) is 9.75 Å². The summed E-state index contributed by atoms with van der Waals surface area (Å²) in [5.41, 5.74) is 14.3. The highest BCUT2D eigenvalue weighted by atomic mass is 32.1. The molecule has 0 unspecified atom stereocenters. The summed E-state index contributed by atoms with van der Waals surface area (Å²) in [6.07, 6.45) is 0. The summed E-state index contributed by atoms with van der Waals surface area (Å²) in [7, 11) is 0. The van der Waals surface area contributed by atoms with Gasteiger partial charge in [-0.25, -0.2) is 29.9 Å². The van der Waals surface area contributed by atoms with Crippen molar-refractivity contribution in [3.05, 3.63) is 267 Å². The van der Waals surface area contributed by atoms with Crippen molar-refractivity contribution in [2.24, 2.45) is 0 Å². The van der Waals surface area contributed by atoms with Crippen LogP contribution in [0.3, 0.4) is 0 Å². The number of thiophene rings is 2. The van der Waals surface area contributed by atoms with Crippen LogP contribution in [0.5, 0.6) is 0 Å². The first-order chi connectivity index (χ1) is 38.6. The Bertz CT molecular complexity index is 4450. The zero-order valence-electron chi connectivity index (χ0n) is 41.9. The molecular weight excluding hydrogens is 989 g/mol. The molecule has 0 bridgehead atoms. The van der Waals surface area contributed by atoms with Gasteiger partial charge in [0.1, 0.15) is 0 Å². The summed E-state index contributed by atoms with van der Waals surface area (Å²) in [5.74, 6) is 3.71. The number of aromatic nitrogens is 6. The van der Waals surface area contributed by atoms with E-state index >= 15 is 0 Å². The van der Waals surface area contributed by atoms with Crippen LogP contribution in [-0.2, 0) is 0 Å². The highest BCUT2D eigenvalue weighted by Gasteiger charge is 2.22. The summed E-state index contributed by atoms with van der Waals surface area (Å²) >= 11 is 3.39.